The van der Waals surface area contributed by atoms with E-state index in [0.717, 1.165) is 16.7 Å². The van der Waals surface area contributed by atoms with Crippen molar-refractivity contribution in [3.8, 4) is 5.75 Å². The number of carbonyl (C=O) groups excluding carboxylic acids is 1. The Labute approximate surface area is 107 Å². The number of hydrogen-bond donors (Lipinski definition) is 0. The fourth-order valence-electron chi connectivity index (χ4n) is 2.06. The summed E-state index contributed by atoms with van der Waals surface area (Å²) in [4.78, 5) is 12.1. The molecular formula is C15H18O3. The molecule has 0 aromatic heterocycles. The third kappa shape index (κ3) is 2.40. The van der Waals surface area contributed by atoms with Crippen LogP contribution in [0.1, 0.15) is 49.2 Å². The average molecular weight is 246 g/mol. The van der Waals surface area contributed by atoms with Crippen LogP contribution in [0, 0.1) is 6.92 Å². The number of hydrogen-bond acceptors (Lipinski definition) is 3. The summed E-state index contributed by atoms with van der Waals surface area (Å²) < 4.78 is 11.0. The van der Waals surface area contributed by atoms with Gasteiger partial charge in [-0.1, -0.05) is 17.7 Å². The number of aryl methyl sites for hydroxylation is 1. The van der Waals surface area contributed by atoms with Gasteiger partial charge in [-0.25, -0.2) is 4.79 Å². The van der Waals surface area contributed by atoms with Crippen molar-refractivity contribution in [2.75, 3.05) is 0 Å². The lowest BCUT2D eigenvalue weighted by molar-refractivity contribution is -0.127. The zero-order valence-corrected chi connectivity index (χ0v) is 11.5. The van der Waals surface area contributed by atoms with Crippen LogP contribution in [0.2, 0.25) is 0 Å². The predicted molar refractivity (Wildman–Crippen MR) is 70.6 cm³/mol. The minimum atomic E-state index is -0.903. The first-order chi connectivity index (χ1) is 8.28. The molecule has 1 aliphatic rings. The summed E-state index contributed by atoms with van der Waals surface area (Å²) in [6.45, 7) is 9.44. The van der Waals surface area contributed by atoms with Gasteiger partial charge >= 0.3 is 5.97 Å². The predicted octanol–water partition coefficient (Wildman–Crippen LogP) is 3.70. The second kappa shape index (κ2) is 4.16. The van der Waals surface area contributed by atoms with E-state index in [-0.39, 0.29) is 5.97 Å². The van der Waals surface area contributed by atoms with Crippen LogP contribution in [0.3, 0.4) is 0 Å². The second-order valence-electron chi connectivity index (χ2n) is 5.34. The molecule has 0 saturated carbocycles. The second-order valence-corrected chi connectivity index (χ2v) is 5.34. The molecule has 1 aromatic rings. The van der Waals surface area contributed by atoms with E-state index in [1.165, 1.54) is 0 Å². The first-order valence-electron chi connectivity index (χ1n) is 6.00. The molecule has 0 atom stereocenters. The summed E-state index contributed by atoms with van der Waals surface area (Å²) in [5.41, 5.74) is 3.55. The van der Waals surface area contributed by atoms with Gasteiger partial charge in [-0.3, -0.25) is 0 Å². The Kier molecular flexibility index (Phi) is 2.93. The van der Waals surface area contributed by atoms with Crippen molar-refractivity contribution in [2.45, 2.75) is 40.4 Å². The minimum Gasteiger partial charge on any atom is -0.452 e. The Bertz CT molecular complexity index is 535. The highest BCUT2D eigenvalue weighted by Gasteiger charge is 2.35. The quantitative estimate of drug-likeness (QED) is 0.709. The normalized spacial score (nSPS) is 16.4. The summed E-state index contributed by atoms with van der Waals surface area (Å²) in [5.74, 6) is -0.627. The number of ether oxygens (including phenoxy) is 2. The maximum Gasteiger partial charge on any atom is 0.345 e. The lowest BCUT2D eigenvalue weighted by atomic mass is 10.00. The third-order valence-corrected chi connectivity index (χ3v) is 2.62. The first-order valence-corrected chi connectivity index (χ1v) is 6.00. The van der Waals surface area contributed by atoms with Crippen LogP contribution in [0.5, 0.6) is 5.75 Å². The van der Waals surface area contributed by atoms with Crippen molar-refractivity contribution in [3.05, 3.63) is 34.4 Å². The van der Waals surface area contributed by atoms with Crippen LogP contribution in [0.25, 0.3) is 6.08 Å². The van der Waals surface area contributed by atoms with E-state index >= 15 is 0 Å². The molecule has 3 nitrogen and oxygen atoms in total. The summed E-state index contributed by atoms with van der Waals surface area (Å²) >= 11 is 0. The first kappa shape index (κ1) is 12.7. The molecule has 0 aliphatic carbocycles. The van der Waals surface area contributed by atoms with Gasteiger partial charge in [-0.05, 0) is 38.0 Å². The third-order valence-electron chi connectivity index (χ3n) is 2.62. The van der Waals surface area contributed by atoms with Gasteiger partial charge in [0.15, 0.2) is 0 Å². The molecule has 0 N–H and O–H groups in total. The van der Waals surface area contributed by atoms with Gasteiger partial charge in [0.05, 0.1) is 0 Å². The smallest absolute Gasteiger partial charge is 0.345 e. The van der Waals surface area contributed by atoms with Crippen molar-refractivity contribution in [1.29, 1.82) is 0 Å². The van der Waals surface area contributed by atoms with E-state index in [9.17, 15) is 4.79 Å². The maximum atomic E-state index is 12.1. The van der Waals surface area contributed by atoms with E-state index in [4.69, 9.17) is 9.47 Å². The van der Waals surface area contributed by atoms with Crippen molar-refractivity contribution in [2.24, 2.45) is 0 Å². The summed E-state index contributed by atoms with van der Waals surface area (Å²) in [7, 11) is 0. The fourth-order valence-corrected chi connectivity index (χ4v) is 2.06. The molecule has 3 heteroatoms. The van der Waals surface area contributed by atoms with Crippen LogP contribution in [0.4, 0.5) is 0 Å². The van der Waals surface area contributed by atoms with Gasteiger partial charge < -0.3 is 9.47 Å². The zero-order valence-electron chi connectivity index (χ0n) is 11.5. The molecule has 96 valence electrons. The van der Waals surface area contributed by atoms with E-state index in [0.29, 0.717) is 11.3 Å². The zero-order chi connectivity index (χ0) is 13.5. The maximum absolute atomic E-state index is 12.1. The molecule has 0 fully saturated rings. The van der Waals surface area contributed by atoms with Crippen LogP contribution >= 0.6 is 0 Å². The molecule has 0 spiro atoms. The van der Waals surface area contributed by atoms with Gasteiger partial charge in [-0.2, -0.15) is 0 Å². The Balaban J connectivity index is 2.63. The molecule has 0 amide bonds. The van der Waals surface area contributed by atoms with E-state index in [2.05, 4.69) is 0 Å². The summed E-state index contributed by atoms with van der Waals surface area (Å²) in [6.07, 6.45) is 1.97. The van der Waals surface area contributed by atoms with Gasteiger partial charge in [0, 0.05) is 13.8 Å². The van der Waals surface area contributed by atoms with E-state index in [1.54, 1.807) is 13.8 Å². The van der Waals surface area contributed by atoms with Crippen molar-refractivity contribution < 1.29 is 14.3 Å². The van der Waals surface area contributed by atoms with E-state index < -0.39 is 5.79 Å². The molecule has 2 rings (SSSR count). The minimum absolute atomic E-state index is 0.325. The molecule has 18 heavy (non-hydrogen) atoms. The van der Waals surface area contributed by atoms with Gasteiger partial charge in [0.25, 0.3) is 0 Å². The van der Waals surface area contributed by atoms with Gasteiger partial charge in [0.1, 0.15) is 11.3 Å². The molecule has 1 heterocycles. The molecular weight excluding hydrogens is 228 g/mol. The lowest BCUT2D eigenvalue weighted by Gasteiger charge is -2.32. The standard InChI is InChI=1S/C15H18O3/c1-9(2)6-11-7-10(3)8-12-13(11)14(16)18-15(4,5)17-12/h6-8H,1-5H3. The Morgan fingerprint density at radius 1 is 1.22 bits per heavy atom. The molecule has 0 radical (unpaired) electrons. The molecule has 1 aromatic carbocycles. The fraction of sp³-hybridized carbons (Fsp3) is 0.400. The summed E-state index contributed by atoms with van der Waals surface area (Å²) in [5, 5.41) is 0. The number of cyclic esters (lactones) is 1. The largest absolute Gasteiger partial charge is 0.452 e. The highest BCUT2D eigenvalue weighted by atomic mass is 16.7. The van der Waals surface area contributed by atoms with Crippen LogP contribution in [-0.4, -0.2) is 11.8 Å². The highest BCUT2D eigenvalue weighted by Crippen LogP contribution is 2.35. The number of rotatable bonds is 1. The number of carbonyl (C=O) groups is 1. The summed E-state index contributed by atoms with van der Waals surface area (Å²) in [6, 6.07) is 3.84. The molecule has 0 saturated heterocycles. The van der Waals surface area contributed by atoms with Crippen LogP contribution in [-0.2, 0) is 4.74 Å². The van der Waals surface area contributed by atoms with Crippen molar-refractivity contribution >= 4 is 12.0 Å². The lowest BCUT2D eigenvalue weighted by Crippen LogP contribution is -2.39. The van der Waals surface area contributed by atoms with E-state index in [1.807, 2.05) is 39.0 Å². The Morgan fingerprint density at radius 3 is 2.50 bits per heavy atom. The van der Waals surface area contributed by atoms with Gasteiger partial charge in [-0.15, -0.1) is 0 Å². The Hall–Kier alpha value is -1.77. The Morgan fingerprint density at radius 2 is 1.89 bits per heavy atom. The molecule has 0 unspecified atom stereocenters. The topological polar surface area (TPSA) is 35.5 Å². The highest BCUT2D eigenvalue weighted by molar-refractivity contribution is 5.98. The van der Waals surface area contributed by atoms with Crippen LogP contribution in [0.15, 0.2) is 17.7 Å². The SMILES string of the molecule is CC(C)=Cc1cc(C)cc2c1C(=O)OC(C)(C)O2. The number of allylic oxidation sites excluding steroid dienone is 1. The number of benzene rings is 1. The van der Waals surface area contributed by atoms with Crippen LogP contribution < -0.4 is 4.74 Å². The number of esters is 1. The monoisotopic (exact) mass is 246 g/mol. The average Bonchev–Trinajstić information content (AvgIpc) is 2.11. The van der Waals surface area contributed by atoms with Crippen molar-refractivity contribution in [3.63, 3.8) is 0 Å². The van der Waals surface area contributed by atoms with Crippen molar-refractivity contribution in [1.82, 2.24) is 0 Å². The molecule has 1 aliphatic heterocycles. The van der Waals surface area contributed by atoms with Gasteiger partial charge in [0.2, 0.25) is 5.79 Å². The number of fused-ring (bicyclic) bond motifs is 1. The molecule has 0 bridgehead atoms.